The highest BCUT2D eigenvalue weighted by molar-refractivity contribution is 6.73. The topological polar surface area (TPSA) is 46.2 Å². The fraction of sp³-hybridized carbons (Fsp3) is 0.600. The molecule has 0 N–H and O–H groups in total. The smallest absolute Gasteiger partial charge is 0.329 e. The highest BCUT2D eigenvalue weighted by Gasteiger charge is 2.14. The molecule has 0 heterocycles. The fourth-order valence-corrected chi connectivity index (χ4v) is 9.89. The van der Waals surface area contributed by atoms with E-state index in [4.69, 9.17) is 20.6 Å². The van der Waals surface area contributed by atoms with Gasteiger partial charge in [0.2, 0.25) is 0 Å². The van der Waals surface area contributed by atoms with Crippen LogP contribution in [-0.4, -0.2) is 58.1 Å². The summed E-state index contributed by atoms with van der Waals surface area (Å²) in [4.78, 5) is 0. The first-order chi connectivity index (χ1) is 7.49. The normalized spacial score (nSPS) is 16.2. The van der Waals surface area contributed by atoms with Gasteiger partial charge >= 0.3 is 9.28 Å². The van der Waals surface area contributed by atoms with Crippen molar-refractivity contribution in [1.82, 2.24) is 0 Å². The second kappa shape index (κ2) is 9.83. The number of hydrogen-bond donors (Lipinski definition) is 0. The molecule has 0 aromatic rings. The third kappa shape index (κ3) is 11.3. The van der Waals surface area contributed by atoms with Gasteiger partial charge in [-0.15, -0.1) is 6.58 Å². The van der Waals surface area contributed by atoms with Gasteiger partial charge < -0.3 is 20.6 Å². The predicted molar refractivity (Wildman–Crippen MR) is 81.7 cm³/mol. The van der Waals surface area contributed by atoms with Gasteiger partial charge in [-0.2, -0.15) is 0 Å². The molecule has 0 aliphatic carbocycles. The first-order valence-electron chi connectivity index (χ1n) is 5.06. The SMILES string of the molecule is C=C[SiH](O[SiH2]O[SiH3])O[SiH2]O[SiH2]O[Si](C)(C)C. The average Bonchev–Trinajstić information content (AvgIpc) is 2.20. The van der Waals surface area contributed by atoms with Crippen molar-refractivity contribution < 1.29 is 20.6 Å². The van der Waals surface area contributed by atoms with Crippen LogP contribution in [0, 0.1) is 0 Å². The molecule has 0 saturated carbocycles. The molecule has 1 atom stereocenters. The lowest BCUT2D eigenvalue weighted by Crippen LogP contribution is -2.31. The Morgan fingerprint density at radius 3 is 2.31 bits per heavy atom. The molecule has 0 aliphatic rings. The monoisotopic (exact) mass is 330 g/mol. The number of rotatable bonds is 10. The molecule has 96 valence electrons. The van der Waals surface area contributed by atoms with Crippen molar-refractivity contribution in [1.29, 1.82) is 0 Å². The van der Waals surface area contributed by atoms with E-state index in [1.54, 1.807) is 5.70 Å². The molecule has 0 aliphatic heterocycles. The number of hydrogen-bond acceptors (Lipinski definition) is 5. The van der Waals surface area contributed by atoms with E-state index in [1.807, 2.05) is 0 Å². The van der Waals surface area contributed by atoms with Crippen molar-refractivity contribution in [3.05, 3.63) is 12.3 Å². The summed E-state index contributed by atoms with van der Waals surface area (Å²) < 4.78 is 27.3. The highest BCUT2D eigenvalue weighted by Crippen LogP contribution is 2.00. The molecular formula is C5H22O5Si6. The lowest BCUT2D eigenvalue weighted by atomic mass is 11.3. The molecule has 0 radical (unpaired) electrons. The third-order valence-electron chi connectivity index (χ3n) is 1.43. The summed E-state index contributed by atoms with van der Waals surface area (Å²) in [5.41, 5.74) is 1.77. The zero-order valence-corrected chi connectivity index (χ0v) is 18.9. The Morgan fingerprint density at radius 1 is 1.19 bits per heavy atom. The Hall–Kier alpha value is 0.841. The maximum absolute atomic E-state index is 5.67. The summed E-state index contributed by atoms with van der Waals surface area (Å²) >= 11 is 0. The quantitative estimate of drug-likeness (QED) is 0.318. The van der Waals surface area contributed by atoms with Crippen LogP contribution < -0.4 is 0 Å². The van der Waals surface area contributed by atoms with E-state index in [1.165, 1.54) is 0 Å². The molecule has 0 spiro atoms. The van der Waals surface area contributed by atoms with E-state index >= 15 is 0 Å². The lowest BCUT2D eigenvalue weighted by Gasteiger charge is -2.18. The summed E-state index contributed by atoms with van der Waals surface area (Å²) in [7, 11) is -4.95. The summed E-state index contributed by atoms with van der Waals surface area (Å²) in [6, 6.07) is 0. The van der Waals surface area contributed by atoms with Gasteiger partial charge in [-0.25, -0.2) is 0 Å². The molecule has 0 aromatic carbocycles. The summed E-state index contributed by atoms with van der Waals surface area (Å²) in [5, 5.41) is 0. The van der Waals surface area contributed by atoms with E-state index in [0.29, 0.717) is 0 Å². The molecule has 0 rings (SSSR count). The summed E-state index contributed by atoms with van der Waals surface area (Å²) in [6.45, 7) is 10.2. The minimum atomic E-state index is -1.68. The van der Waals surface area contributed by atoms with Crippen LogP contribution in [0.5, 0.6) is 0 Å². The second-order valence-corrected chi connectivity index (χ2v) is 17.9. The van der Waals surface area contributed by atoms with E-state index in [-0.39, 0.29) is 0 Å². The van der Waals surface area contributed by atoms with E-state index in [0.717, 1.165) is 10.5 Å². The van der Waals surface area contributed by atoms with Crippen molar-refractivity contribution in [3.8, 4) is 0 Å². The Kier molecular flexibility index (Phi) is 10.3. The maximum atomic E-state index is 5.67. The third-order valence-corrected chi connectivity index (χ3v) is 11.7. The zero-order chi connectivity index (χ0) is 12.4. The average molecular weight is 331 g/mol. The fourth-order valence-electron chi connectivity index (χ4n) is 0.687. The van der Waals surface area contributed by atoms with Gasteiger partial charge in [0.05, 0.1) is 0 Å². The predicted octanol–water partition coefficient (Wildman–Crippen LogP) is -2.87. The molecule has 0 saturated heterocycles. The van der Waals surface area contributed by atoms with Crippen LogP contribution >= 0.6 is 0 Å². The molecule has 0 aromatic heterocycles. The molecular weight excluding hydrogens is 309 g/mol. The van der Waals surface area contributed by atoms with Crippen LogP contribution in [0.1, 0.15) is 0 Å². The van der Waals surface area contributed by atoms with Crippen LogP contribution in [0.4, 0.5) is 0 Å². The molecule has 1 unspecified atom stereocenters. The van der Waals surface area contributed by atoms with Gasteiger partial charge in [-0.1, -0.05) is 5.70 Å². The van der Waals surface area contributed by atoms with Gasteiger partial charge in [0.15, 0.2) is 8.32 Å². The van der Waals surface area contributed by atoms with Crippen molar-refractivity contribution in [2.24, 2.45) is 0 Å². The van der Waals surface area contributed by atoms with Crippen LogP contribution in [0.3, 0.4) is 0 Å². The van der Waals surface area contributed by atoms with Gasteiger partial charge in [0.1, 0.15) is 10.5 Å². The minimum absolute atomic E-state index is 0.738. The largest absolute Gasteiger partial charge is 0.449 e. The van der Waals surface area contributed by atoms with E-state index in [2.05, 4.69) is 26.2 Å². The van der Waals surface area contributed by atoms with E-state index < -0.39 is 47.6 Å². The first-order valence-corrected chi connectivity index (χ1v) is 14.4. The van der Waals surface area contributed by atoms with Crippen LogP contribution in [0.15, 0.2) is 12.3 Å². The van der Waals surface area contributed by atoms with Gasteiger partial charge in [0, 0.05) is 0 Å². The van der Waals surface area contributed by atoms with Crippen LogP contribution in [0.25, 0.3) is 0 Å². The maximum Gasteiger partial charge on any atom is 0.329 e. The molecule has 0 fully saturated rings. The van der Waals surface area contributed by atoms with Crippen LogP contribution in [-0.2, 0) is 20.6 Å². The standard InChI is InChI=1S/C5H22O5Si6/c1-5-15(8-12-6-11)9-13-7-14-10-16(2,3)4/h5,15H,1,12-14H2,2-4,11H3. The van der Waals surface area contributed by atoms with Crippen molar-refractivity contribution in [2.75, 3.05) is 0 Å². The zero-order valence-electron chi connectivity index (χ0n) is 10.5. The Bertz CT molecular complexity index is 187. The highest BCUT2D eigenvalue weighted by atomic mass is 28.4. The Labute approximate surface area is 111 Å². The Balaban J connectivity index is 3.44. The molecule has 0 amide bonds. The van der Waals surface area contributed by atoms with Gasteiger partial charge in [-0.3, -0.25) is 0 Å². The molecule has 11 heteroatoms. The molecule has 16 heavy (non-hydrogen) atoms. The van der Waals surface area contributed by atoms with Crippen molar-refractivity contribution in [3.63, 3.8) is 0 Å². The first kappa shape index (κ1) is 16.8. The lowest BCUT2D eigenvalue weighted by molar-refractivity contribution is 0.374. The van der Waals surface area contributed by atoms with Crippen molar-refractivity contribution >= 4 is 58.1 Å². The molecule has 0 bridgehead atoms. The van der Waals surface area contributed by atoms with Gasteiger partial charge in [-0.05, 0) is 19.6 Å². The van der Waals surface area contributed by atoms with E-state index in [9.17, 15) is 0 Å². The second-order valence-electron chi connectivity index (χ2n) is 4.04. The van der Waals surface area contributed by atoms with Crippen LogP contribution in [0.2, 0.25) is 19.6 Å². The summed E-state index contributed by atoms with van der Waals surface area (Å²) in [5.74, 6) is 0. The summed E-state index contributed by atoms with van der Waals surface area (Å²) in [6.07, 6.45) is 0. The minimum Gasteiger partial charge on any atom is -0.449 e. The van der Waals surface area contributed by atoms with Crippen molar-refractivity contribution in [2.45, 2.75) is 19.6 Å². The Morgan fingerprint density at radius 2 is 1.81 bits per heavy atom. The van der Waals surface area contributed by atoms with Gasteiger partial charge in [0.25, 0.3) is 30.0 Å². The molecule has 5 nitrogen and oxygen atoms in total.